The van der Waals surface area contributed by atoms with Crippen LogP contribution in [-0.4, -0.2) is 23.0 Å². The van der Waals surface area contributed by atoms with Crippen LogP contribution in [0.1, 0.15) is 22.7 Å². The van der Waals surface area contributed by atoms with Crippen molar-refractivity contribution in [2.45, 2.75) is 12.6 Å². The first kappa shape index (κ1) is 19.6. The van der Waals surface area contributed by atoms with E-state index in [1.165, 1.54) is 29.2 Å². The summed E-state index contributed by atoms with van der Waals surface area (Å²) in [7, 11) is 1.55. The van der Waals surface area contributed by atoms with Gasteiger partial charge in [-0.25, -0.2) is 8.78 Å². The summed E-state index contributed by atoms with van der Waals surface area (Å²) in [6.45, 7) is 0.158. The molecule has 0 aromatic heterocycles. The van der Waals surface area contributed by atoms with E-state index >= 15 is 0 Å². The van der Waals surface area contributed by atoms with Gasteiger partial charge in [0.25, 0.3) is 5.91 Å². The molecule has 0 radical (unpaired) electrons. The lowest BCUT2D eigenvalue weighted by molar-refractivity contribution is -0.130. The fourth-order valence-electron chi connectivity index (χ4n) is 3.66. The molecule has 0 bridgehead atoms. The number of methoxy groups -OCH3 is 1. The molecule has 152 valence electrons. The molecular formula is C24H19F2NO3. The van der Waals surface area contributed by atoms with Crippen LogP contribution in [0.5, 0.6) is 5.75 Å². The van der Waals surface area contributed by atoms with Gasteiger partial charge in [0.2, 0.25) is 0 Å². The number of rotatable bonds is 5. The smallest absolute Gasteiger partial charge is 0.290 e. The third-order valence-corrected chi connectivity index (χ3v) is 5.16. The van der Waals surface area contributed by atoms with E-state index in [4.69, 9.17) is 4.74 Å². The van der Waals surface area contributed by atoms with Crippen molar-refractivity contribution >= 4 is 11.5 Å². The molecule has 1 heterocycles. The van der Waals surface area contributed by atoms with Crippen molar-refractivity contribution in [3.8, 4) is 5.75 Å². The molecule has 30 heavy (non-hydrogen) atoms. The normalized spacial score (nSPS) is 16.3. The summed E-state index contributed by atoms with van der Waals surface area (Å²) >= 11 is 0. The third kappa shape index (κ3) is 3.64. The van der Waals surface area contributed by atoms with E-state index in [0.29, 0.717) is 28.0 Å². The first-order chi connectivity index (χ1) is 14.5. The summed E-state index contributed by atoms with van der Waals surface area (Å²) in [5, 5.41) is 10.7. The van der Waals surface area contributed by atoms with Crippen LogP contribution in [0.2, 0.25) is 0 Å². The zero-order valence-electron chi connectivity index (χ0n) is 16.2. The molecule has 1 atom stereocenters. The second kappa shape index (κ2) is 7.99. The second-order valence-electron chi connectivity index (χ2n) is 7.00. The Morgan fingerprint density at radius 1 is 0.900 bits per heavy atom. The van der Waals surface area contributed by atoms with Gasteiger partial charge in [0.15, 0.2) is 5.76 Å². The van der Waals surface area contributed by atoms with Crippen molar-refractivity contribution < 1.29 is 23.4 Å². The van der Waals surface area contributed by atoms with Crippen molar-refractivity contribution in [2.75, 3.05) is 7.11 Å². The van der Waals surface area contributed by atoms with Crippen LogP contribution in [0.3, 0.4) is 0 Å². The number of amides is 1. The Morgan fingerprint density at radius 2 is 1.47 bits per heavy atom. The lowest BCUT2D eigenvalue weighted by Crippen LogP contribution is -2.29. The minimum atomic E-state index is -0.628. The van der Waals surface area contributed by atoms with Crippen molar-refractivity contribution in [2.24, 2.45) is 0 Å². The van der Waals surface area contributed by atoms with Crippen LogP contribution >= 0.6 is 0 Å². The van der Waals surface area contributed by atoms with Gasteiger partial charge in [-0.15, -0.1) is 0 Å². The number of ether oxygens (including phenoxy) is 1. The van der Waals surface area contributed by atoms with Gasteiger partial charge < -0.3 is 14.7 Å². The highest BCUT2D eigenvalue weighted by atomic mass is 19.1. The Kier molecular flexibility index (Phi) is 5.23. The maximum atomic E-state index is 13.5. The van der Waals surface area contributed by atoms with Crippen LogP contribution in [0.25, 0.3) is 5.57 Å². The quantitative estimate of drug-likeness (QED) is 0.646. The molecule has 6 heteroatoms. The fourth-order valence-corrected chi connectivity index (χ4v) is 3.66. The maximum absolute atomic E-state index is 13.5. The molecule has 0 fully saturated rings. The van der Waals surface area contributed by atoms with Crippen molar-refractivity contribution in [1.29, 1.82) is 0 Å². The molecule has 1 aliphatic heterocycles. The minimum absolute atomic E-state index is 0.158. The molecule has 4 rings (SSSR count). The Hall–Kier alpha value is -3.67. The highest BCUT2D eigenvalue weighted by Crippen LogP contribution is 2.44. The molecule has 1 N–H and O–H groups in total. The topological polar surface area (TPSA) is 49.8 Å². The van der Waals surface area contributed by atoms with Gasteiger partial charge in [0.05, 0.1) is 13.2 Å². The van der Waals surface area contributed by atoms with Gasteiger partial charge in [0, 0.05) is 12.1 Å². The third-order valence-electron chi connectivity index (χ3n) is 5.16. The van der Waals surface area contributed by atoms with E-state index in [9.17, 15) is 18.7 Å². The van der Waals surface area contributed by atoms with Gasteiger partial charge in [0.1, 0.15) is 17.4 Å². The van der Waals surface area contributed by atoms with Gasteiger partial charge in [-0.1, -0.05) is 36.4 Å². The van der Waals surface area contributed by atoms with E-state index in [2.05, 4.69) is 0 Å². The number of aliphatic hydroxyl groups is 1. The second-order valence-corrected chi connectivity index (χ2v) is 7.00. The van der Waals surface area contributed by atoms with E-state index in [1.54, 1.807) is 55.6 Å². The highest BCUT2D eigenvalue weighted by molar-refractivity contribution is 6.05. The maximum Gasteiger partial charge on any atom is 0.290 e. The lowest BCUT2D eigenvalue weighted by Gasteiger charge is -2.27. The molecule has 0 spiro atoms. The van der Waals surface area contributed by atoms with Gasteiger partial charge in [-0.2, -0.15) is 0 Å². The average Bonchev–Trinajstić information content (AvgIpc) is 3.01. The number of aliphatic hydroxyl groups excluding tert-OH is 1. The Balaban J connectivity index is 1.79. The number of carbonyl (C=O) groups excluding carboxylic acids is 1. The van der Waals surface area contributed by atoms with Crippen LogP contribution in [0.15, 0.2) is 78.6 Å². The molecule has 0 saturated heterocycles. The summed E-state index contributed by atoms with van der Waals surface area (Å²) in [4.78, 5) is 14.5. The minimum Gasteiger partial charge on any atom is -0.503 e. The SMILES string of the molecule is COc1ccc(C2=C(O)C(=O)N(Cc3ccc(F)cc3)[C@H]2c2ccc(F)cc2)cc1. The number of benzene rings is 3. The largest absolute Gasteiger partial charge is 0.503 e. The lowest BCUT2D eigenvalue weighted by atomic mass is 9.93. The molecule has 0 aliphatic carbocycles. The molecular weight excluding hydrogens is 388 g/mol. The predicted molar refractivity (Wildman–Crippen MR) is 109 cm³/mol. The molecule has 3 aromatic carbocycles. The van der Waals surface area contributed by atoms with E-state index in [0.717, 1.165) is 0 Å². The standard InChI is InChI=1S/C24H19F2NO3/c1-30-20-12-6-16(7-13-20)21-22(17-4-10-19(26)11-5-17)27(24(29)23(21)28)14-15-2-8-18(25)9-3-15/h2-13,22,28H,14H2,1H3/t22-/m0/s1. The summed E-state index contributed by atoms with van der Waals surface area (Å²) < 4.78 is 32.0. The Labute approximate surface area is 172 Å². The zero-order chi connectivity index (χ0) is 21.3. The molecule has 1 aliphatic rings. The summed E-state index contributed by atoms with van der Waals surface area (Å²) in [5.41, 5.74) is 2.44. The Bertz CT molecular complexity index is 1090. The van der Waals surface area contributed by atoms with Gasteiger partial charge in [-0.3, -0.25) is 4.79 Å². The number of carbonyl (C=O) groups is 1. The monoisotopic (exact) mass is 407 g/mol. The fraction of sp³-hybridized carbons (Fsp3) is 0.125. The number of hydrogen-bond donors (Lipinski definition) is 1. The molecule has 1 amide bonds. The first-order valence-corrected chi connectivity index (χ1v) is 9.36. The number of halogens is 2. The van der Waals surface area contributed by atoms with E-state index in [1.807, 2.05) is 0 Å². The zero-order valence-corrected chi connectivity index (χ0v) is 16.2. The molecule has 0 saturated carbocycles. The summed E-state index contributed by atoms with van der Waals surface area (Å²) in [6.07, 6.45) is 0. The molecule has 4 nitrogen and oxygen atoms in total. The highest BCUT2D eigenvalue weighted by Gasteiger charge is 2.41. The number of nitrogens with zero attached hydrogens (tertiary/aromatic N) is 1. The molecule has 0 unspecified atom stereocenters. The van der Waals surface area contributed by atoms with Crippen molar-refractivity contribution in [3.63, 3.8) is 0 Å². The van der Waals surface area contributed by atoms with E-state index in [-0.39, 0.29) is 18.1 Å². The van der Waals surface area contributed by atoms with Crippen LogP contribution in [0.4, 0.5) is 8.78 Å². The van der Waals surface area contributed by atoms with E-state index < -0.39 is 17.8 Å². The predicted octanol–water partition coefficient (Wildman–Crippen LogP) is 5.03. The summed E-state index contributed by atoms with van der Waals surface area (Å²) in [5.74, 6) is -1.03. The summed E-state index contributed by atoms with van der Waals surface area (Å²) in [6, 6.07) is 18.0. The van der Waals surface area contributed by atoms with Crippen molar-refractivity contribution in [3.05, 3.63) is 107 Å². The van der Waals surface area contributed by atoms with Gasteiger partial charge >= 0.3 is 0 Å². The first-order valence-electron chi connectivity index (χ1n) is 9.36. The molecule has 3 aromatic rings. The van der Waals surface area contributed by atoms with Crippen LogP contribution in [-0.2, 0) is 11.3 Å². The van der Waals surface area contributed by atoms with Crippen LogP contribution in [0, 0.1) is 11.6 Å². The number of hydrogen-bond acceptors (Lipinski definition) is 3. The van der Waals surface area contributed by atoms with Gasteiger partial charge in [-0.05, 0) is 53.1 Å². The van der Waals surface area contributed by atoms with Crippen molar-refractivity contribution in [1.82, 2.24) is 4.90 Å². The Morgan fingerprint density at radius 3 is 2.03 bits per heavy atom. The average molecular weight is 407 g/mol. The van der Waals surface area contributed by atoms with Crippen LogP contribution < -0.4 is 4.74 Å².